The van der Waals surface area contributed by atoms with Gasteiger partial charge in [0, 0.05) is 34.8 Å². The van der Waals surface area contributed by atoms with Crippen molar-refractivity contribution in [1.82, 2.24) is 9.36 Å². The fourth-order valence-electron chi connectivity index (χ4n) is 3.42. The van der Waals surface area contributed by atoms with E-state index in [1.54, 1.807) is 19.2 Å². The average molecular weight is 385 g/mol. The molecule has 4 rings (SSSR count). The number of aromatic amines is 1. The summed E-state index contributed by atoms with van der Waals surface area (Å²) in [6.45, 7) is 5.06. The fraction of sp³-hybridized carbons (Fsp3) is 0.350. The standard InChI is InChI=1S/C20H20FN3O2S/c1-10-4-5-13(9-22-10)15(12(3)21)8-16-11(2)18(25)17-19(26)23-27-20(17)24(16)14-6-7-14/h4-5,8-9,11,14H,6-7H2,1-3H3,(H,23,26)/b15-12-,16-8+. The molecular weight excluding hydrogens is 365 g/mol. The maximum atomic E-state index is 14.4. The van der Waals surface area contributed by atoms with Gasteiger partial charge in [0.05, 0.1) is 5.92 Å². The summed E-state index contributed by atoms with van der Waals surface area (Å²) in [5, 5.41) is 0.648. The van der Waals surface area contributed by atoms with E-state index in [4.69, 9.17) is 0 Å². The number of allylic oxidation sites excluding steroid dienone is 4. The first-order valence-corrected chi connectivity index (χ1v) is 9.76. The highest BCUT2D eigenvalue weighted by Gasteiger charge is 2.43. The van der Waals surface area contributed by atoms with Crippen molar-refractivity contribution >= 4 is 27.9 Å². The lowest BCUT2D eigenvalue weighted by Gasteiger charge is -2.34. The van der Waals surface area contributed by atoms with Crippen molar-refractivity contribution in [2.75, 3.05) is 4.90 Å². The Morgan fingerprint density at radius 3 is 2.70 bits per heavy atom. The van der Waals surface area contributed by atoms with Crippen molar-refractivity contribution in [1.29, 1.82) is 0 Å². The van der Waals surface area contributed by atoms with Crippen molar-refractivity contribution in [2.45, 2.75) is 39.7 Å². The van der Waals surface area contributed by atoms with Gasteiger partial charge in [-0.25, -0.2) is 4.39 Å². The monoisotopic (exact) mass is 385 g/mol. The predicted octanol–water partition coefficient (Wildman–Crippen LogP) is 4.23. The van der Waals surface area contributed by atoms with Crippen molar-refractivity contribution < 1.29 is 9.18 Å². The highest BCUT2D eigenvalue weighted by molar-refractivity contribution is 7.10. The van der Waals surface area contributed by atoms with Crippen LogP contribution in [0.15, 0.2) is 40.7 Å². The molecule has 0 bridgehead atoms. The van der Waals surface area contributed by atoms with E-state index in [2.05, 4.69) is 14.3 Å². The van der Waals surface area contributed by atoms with Crippen LogP contribution in [0.2, 0.25) is 0 Å². The van der Waals surface area contributed by atoms with E-state index in [1.165, 1.54) is 18.5 Å². The van der Waals surface area contributed by atoms with Crippen LogP contribution in [0.5, 0.6) is 0 Å². The molecule has 1 atom stereocenters. The van der Waals surface area contributed by atoms with Gasteiger partial charge in [0.2, 0.25) is 0 Å². The number of nitrogens with one attached hydrogen (secondary N) is 1. The molecule has 2 aliphatic rings. The van der Waals surface area contributed by atoms with Crippen LogP contribution in [0.1, 0.15) is 48.3 Å². The second kappa shape index (κ2) is 6.56. The van der Waals surface area contributed by atoms with Crippen LogP contribution >= 0.6 is 11.5 Å². The Balaban J connectivity index is 1.87. The molecule has 1 aliphatic heterocycles. The zero-order valence-corrected chi connectivity index (χ0v) is 16.2. The second-order valence-electron chi connectivity index (χ2n) is 7.11. The van der Waals surface area contributed by atoms with E-state index in [0.717, 1.165) is 24.2 Å². The number of hydrogen-bond acceptors (Lipinski definition) is 5. The summed E-state index contributed by atoms with van der Waals surface area (Å²) in [6, 6.07) is 3.91. The Morgan fingerprint density at radius 2 is 2.11 bits per heavy atom. The van der Waals surface area contributed by atoms with Crippen LogP contribution in [0, 0.1) is 12.8 Å². The van der Waals surface area contributed by atoms with E-state index < -0.39 is 5.92 Å². The second-order valence-corrected chi connectivity index (χ2v) is 7.90. The first kappa shape index (κ1) is 17.9. The molecule has 1 aliphatic carbocycles. The molecular formula is C20H20FN3O2S. The molecule has 1 fully saturated rings. The Kier molecular flexibility index (Phi) is 4.34. The van der Waals surface area contributed by atoms with Crippen LogP contribution in [-0.4, -0.2) is 21.2 Å². The van der Waals surface area contributed by atoms with Crippen molar-refractivity contribution in [3.63, 3.8) is 0 Å². The fourth-order valence-corrected chi connectivity index (χ4v) is 4.36. The van der Waals surface area contributed by atoms with Gasteiger partial charge < -0.3 is 4.90 Å². The topological polar surface area (TPSA) is 66.1 Å². The Hall–Kier alpha value is -2.54. The number of pyridine rings is 1. The van der Waals surface area contributed by atoms with Crippen LogP contribution < -0.4 is 10.5 Å². The minimum atomic E-state index is -0.512. The van der Waals surface area contributed by atoms with Gasteiger partial charge in [-0.05, 0) is 57.3 Å². The Bertz CT molecular complexity index is 1020. The molecule has 0 spiro atoms. The number of nitrogens with zero attached hydrogens (tertiary/aromatic N) is 2. The minimum absolute atomic E-state index is 0.214. The normalized spacial score (nSPS) is 22.1. The van der Waals surface area contributed by atoms with E-state index in [0.29, 0.717) is 16.1 Å². The third-order valence-electron chi connectivity index (χ3n) is 5.06. The summed E-state index contributed by atoms with van der Waals surface area (Å²) in [6.07, 6.45) is 5.37. The number of fused-ring (bicyclic) bond motifs is 1. The van der Waals surface area contributed by atoms with Crippen molar-refractivity contribution in [2.24, 2.45) is 5.92 Å². The quantitative estimate of drug-likeness (QED) is 0.859. The van der Waals surface area contributed by atoms with Crippen LogP contribution in [0.4, 0.5) is 9.39 Å². The zero-order chi connectivity index (χ0) is 19.3. The molecule has 2 aromatic heterocycles. The van der Waals surface area contributed by atoms with Gasteiger partial charge in [-0.2, -0.15) is 0 Å². The molecule has 1 unspecified atom stereocenters. The molecule has 140 valence electrons. The number of hydrogen-bond donors (Lipinski definition) is 1. The molecule has 3 heterocycles. The van der Waals surface area contributed by atoms with Crippen molar-refractivity contribution in [3.05, 3.63) is 63.1 Å². The van der Waals surface area contributed by atoms with E-state index in [9.17, 15) is 14.0 Å². The Labute approximate surface area is 160 Å². The molecule has 7 heteroatoms. The van der Waals surface area contributed by atoms with Gasteiger partial charge in [-0.1, -0.05) is 6.07 Å². The number of aromatic nitrogens is 2. The summed E-state index contributed by atoms with van der Waals surface area (Å²) >= 11 is 1.18. The summed E-state index contributed by atoms with van der Waals surface area (Å²) in [5.74, 6) is -1.06. The van der Waals surface area contributed by atoms with E-state index in [-0.39, 0.29) is 28.8 Å². The molecule has 0 aromatic carbocycles. The van der Waals surface area contributed by atoms with Crippen LogP contribution in [-0.2, 0) is 0 Å². The number of halogens is 1. The largest absolute Gasteiger partial charge is 0.331 e. The van der Waals surface area contributed by atoms with Gasteiger partial charge in [0.15, 0.2) is 5.78 Å². The first-order chi connectivity index (χ1) is 12.9. The van der Waals surface area contributed by atoms with E-state index >= 15 is 0 Å². The predicted molar refractivity (Wildman–Crippen MR) is 105 cm³/mol. The average Bonchev–Trinajstić information content (AvgIpc) is 3.39. The lowest BCUT2D eigenvalue weighted by atomic mass is 9.90. The number of carbonyl (C=O) groups excluding carboxylic acids is 1. The maximum Gasteiger partial charge on any atom is 0.271 e. The molecule has 0 amide bonds. The third kappa shape index (κ3) is 3.06. The van der Waals surface area contributed by atoms with Gasteiger partial charge in [0.1, 0.15) is 16.4 Å². The van der Waals surface area contributed by atoms with Crippen LogP contribution in [0.3, 0.4) is 0 Å². The maximum absolute atomic E-state index is 14.4. The molecule has 27 heavy (non-hydrogen) atoms. The van der Waals surface area contributed by atoms with Gasteiger partial charge in [-0.15, -0.1) is 0 Å². The lowest BCUT2D eigenvalue weighted by Crippen LogP contribution is -2.38. The first-order valence-electron chi connectivity index (χ1n) is 8.94. The highest BCUT2D eigenvalue weighted by Crippen LogP contribution is 2.45. The van der Waals surface area contributed by atoms with Crippen LogP contribution in [0.25, 0.3) is 5.57 Å². The number of carbonyl (C=O) groups is 1. The number of Topliss-reactive ketones (excluding diaryl/α,β-unsaturated/α-hetero) is 1. The molecule has 1 saturated carbocycles. The summed E-state index contributed by atoms with van der Waals surface area (Å²) in [4.78, 5) is 31.2. The highest BCUT2D eigenvalue weighted by atomic mass is 32.1. The molecule has 0 radical (unpaired) electrons. The third-order valence-corrected chi connectivity index (χ3v) is 5.94. The van der Waals surface area contributed by atoms with Gasteiger partial charge in [0.25, 0.3) is 5.56 Å². The number of H-pyrrole nitrogens is 1. The molecule has 2 aromatic rings. The SMILES string of the molecule is C/C(F)=C(\C=C1/C(C)C(=O)c2c(s[nH]c2=O)N1C1CC1)c1ccc(C)nc1. The zero-order valence-electron chi connectivity index (χ0n) is 15.4. The molecule has 1 N–H and O–H groups in total. The Morgan fingerprint density at radius 1 is 1.37 bits per heavy atom. The number of ketones is 1. The van der Waals surface area contributed by atoms with Crippen molar-refractivity contribution in [3.8, 4) is 0 Å². The van der Waals surface area contributed by atoms with E-state index in [1.807, 2.05) is 19.1 Å². The summed E-state index contributed by atoms with van der Waals surface area (Å²) in [7, 11) is 0. The number of rotatable bonds is 3. The molecule has 5 nitrogen and oxygen atoms in total. The lowest BCUT2D eigenvalue weighted by molar-refractivity contribution is 0.0941. The van der Waals surface area contributed by atoms with Gasteiger partial charge >= 0.3 is 0 Å². The summed E-state index contributed by atoms with van der Waals surface area (Å²) < 4.78 is 17.1. The molecule has 0 saturated heterocycles. The summed E-state index contributed by atoms with van der Waals surface area (Å²) in [5.41, 5.74) is 2.56. The number of anilines is 1. The minimum Gasteiger partial charge on any atom is -0.331 e. The smallest absolute Gasteiger partial charge is 0.271 e. The number of aryl methyl sites for hydroxylation is 1. The van der Waals surface area contributed by atoms with Gasteiger partial charge in [-0.3, -0.25) is 18.9 Å².